The number of benzene rings is 1. The van der Waals surface area contributed by atoms with E-state index in [4.69, 9.17) is 0 Å². The lowest BCUT2D eigenvalue weighted by Gasteiger charge is -2.44. The van der Waals surface area contributed by atoms with Gasteiger partial charge in [0.15, 0.2) is 0 Å². The van der Waals surface area contributed by atoms with Gasteiger partial charge in [0.1, 0.15) is 16.5 Å². The van der Waals surface area contributed by atoms with E-state index in [0.717, 1.165) is 0 Å². The zero-order chi connectivity index (χ0) is 14.0. The Bertz CT molecular complexity index is 402. The molecular weight excluding hydrogens is 269 g/mol. The van der Waals surface area contributed by atoms with Gasteiger partial charge in [0, 0.05) is 5.42 Å². The molecule has 0 spiro atoms. The minimum Gasteiger partial charge on any atom is -0.313 e. The Balaban J connectivity index is 3.29. The van der Waals surface area contributed by atoms with Gasteiger partial charge in [-0.25, -0.2) is 0 Å². The maximum absolute atomic E-state index is 2.82. The van der Waals surface area contributed by atoms with Gasteiger partial charge in [-0.15, -0.1) is 0 Å². The van der Waals surface area contributed by atoms with Gasteiger partial charge in [-0.3, -0.25) is 0 Å². The molecule has 0 heterocycles. The van der Waals surface area contributed by atoms with E-state index >= 15 is 0 Å². The summed E-state index contributed by atoms with van der Waals surface area (Å²) in [5.74, 6) is 0. The van der Waals surface area contributed by atoms with Crippen molar-refractivity contribution in [3.63, 3.8) is 0 Å². The molecule has 1 aromatic rings. The highest BCUT2D eigenvalue weighted by Crippen LogP contribution is 2.25. The summed E-state index contributed by atoms with van der Waals surface area (Å²) >= 11 is 0. The maximum atomic E-state index is 2.82. The van der Waals surface area contributed by atoms with Crippen molar-refractivity contribution in [3.05, 3.63) is 35.9 Å². The topological polar surface area (TPSA) is 3.24 Å². The summed E-state index contributed by atoms with van der Waals surface area (Å²) in [6.07, 6.45) is 0. The number of nitrogens with zero attached hydrogens (tertiary/aromatic N) is 1. The van der Waals surface area contributed by atoms with Gasteiger partial charge >= 0.3 is 0 Å². The van der Waals surface area contributed by atoms with Gasteiger partial charge in [0.25, 0.3) is 0 Å². The molecule has 1 aromatic carbocycles. The van der Waals surface area contributed by atoms with Crippen LogP contribution in [0.2, 0.25) is 39.3 Å². The van der Waals surface area contributed by atoms with Gasteiger partial charge in [-0.2, -0.15) is 0 Å². The van der Waals surface area contributed by atoms with Crippen LogP contribution in [-0.4, -0.2) is 32.8 Å². The molecule has 1 nitrogen and oxygen atoms in total. The maximum Gasteiger partial charge on any atom is 0.117 e. The highest BCUT2D eigenvalue weighted by atomic mass is 31.1. The zero-order valence-corrected chi connectivity index (χ0v) is 15.7. The molecular formula is C14H26NPSi2. The average Bonchev–Trinajstić information content (AvgIpc) is 2.23. The van der Waals surface area contributed by atoms with Crippen LogP contribution in [0.15, 0.2) is 30.3 Å². The van der Waals surface area contributed by atoms with Crippen LogP contribution in [0.4, 0.5) is 0 Å². The minimum atomic E-state index is -1.34. The molecule has 0 radical (unpaired) electrons. The summed E-state index contributed by atoms with van der Waals surface area (Å²) in [5, 5.41) is 0. The predicted octanol–water partition coefficient (Wildman–Crippen LogP) is 4.71. The van der Waals surface area contributed by atoms with Crippen molar-refractivity contribution >= 4 is 30.1 Å². The molecule has 0 aliphatic rings. The Kier molecular flexibility index (Phi) is 5.13. The van der Waals surface area contributed by atoms with Crippen LogP contribution in [0, 0.1) is 0 Å². The first-order valence-corrected chi connectivity index (χ1v) is 14.7. The van der Waals surface area contributed by atoms with Crippen LogP contribution >= 0.6 is 8.20 Å². The lowest BCUT2D eigenvalue weighted by atomic mass is 10.2. The molecule has 100 valence electrons. The highest BCUT2D eigenvalue weighted by Gasteiger charge is 2.37. The van der Waals surface area contributed by atoms with Crippen LogP contribution in [-0.2, 0) is 0 Å². The molecule has 0 aliphatic heterocycles. The largest absolute Gasteiger partial charge is 0.313 e. The van der Waals surface area contributed by atoms with Crippen molar-refractivity contribution in [2.75, 3.05) is 6.66 Å². The van der Waals surface area contributed by atoms with E-state index in [1.807, 2.05) is 0 Å². The zero-order valence-electron chi connectivity index (χ0n) is 12.8. The standard InChI is InChI=1S/C14H26NPSi2/c1-16-14(13-11-9-8-10-12-13)15(17(2,3)4)18(5,6)7/h8-12H,1-7H3. The first-order chi connectivity index (χ1) is 8.18. The Morgan fingerprint density at radius 1 is 0.889 bits per heavy atom. The molecule has 0 atom stereocenters. The van der Waals surface area contributed by atoms with E-state index in [0.29, 0.717) is 0 Å². The van der Waals surface area contributed by atoms with E-state index in [9.17, 15) is 0 Å². The first-order valence-electron chi connectivity index (χ1n) is 6.50. The molecule has 0 saturated heterocycles. The van der Waals surface area contributed by atoms with Gasteiger partial charge < -0.3 is 4.23 Å². The van der Waals surface area contributed by atoms with E-state index in [1.165, 1.54) is 19.2 Å². The van der Waals surface area contributed by atoms with Crippen molar-refractivity contribution in [2.45, 2.75) is 39.3 Å². The van der Waals surface area contributed by atoms with E-state index in [2.05, 4.69) is 80.5 Å². The lowest BCUT2D eigenvalue weighted by Crippen LogP contribution is -2.61. The Morgan fingerprint density at radius 3 is 1.67 bits per heavy atom. The molecule has 4 heteroatoms. The summed E-state index contributed by atoms with van der Waals surface area (Å²) in [7, 11) is -1.29. The molecule has 0 bridgehead atoms. The molecule has 18 heavy (non-hydrogen) atoms. The van der Waals surface area contributed by atoms with Crippen molar-refractivity contribution in [1.29, 1.82) is 0 Å². The van der Waals surface area contributed by atoms with Crippen molar-refractivity contribution in [1.82, 2.24) is 4.23 Å². The van der Waals surface area contributed by atoms with E-state index in [1.54, 1.807) is 0 Å². The summed E-state index contributed by atoms with van der Waals surface area (Å²) in [4.78, 5) is 0. The Labute approximate surface area is 116 Å². The molecule has 0 saturated carbocycles. The van der Waals surface area contributed by atoms with Crippen LogP contribution in [0.25, 0.3) is 0 Å². The molecule has 0 unspecified atom stereocenters. The Morgan fingerprint density at radius 2 is 1.33 bits per heavy atom. The summed E-state index contributed by atoms with van der Waals surface area (Å²) in [6.45, 7) is 17.0. The SMILES string of the molecule is CP=C(c1ccccc1)N([Si](C)(C)C)[Si](C)(C)C. The predicted molar refractivity (Wildman–Crippen MR) is 91.9 cm³/mol. The number of hydrogen-bond donors (Lipinski definition) is 0. The third-order valence-corrected chi connectivity index (χ3v) is 11.2. The number of rotatable bonds is 4. The molecule has 0 aromatic heterocycles. The van der Waals surface area contributed by atoms with E-state index < -0.39 is 16.5 Å². The molecule has 0 N–H and O–H groups in total. The van der Waals surface area contributed by atoms with Crippen LogP contribution in [0.3, 0.4) is 0 Å². The molecule has 0 aliphatic carbocycles. The first kappa shape index (κ1) is 15.8. The molecule has 0 amide bonds. The second-order valence-electron chi connectivity index (χ2n) is 6.59. The van der Waals surface area contributed by atoms with Crippen LogP contribution in [0.1, 0.15) is 5.56 Å². The average molecular weight is 296 g/mol. The molecule has 1 rings (SSSR count). The fraction of sp³-hybridized carbons (Fsp3) is 0.500. The van der Waals surface area contributed by atoms with E-state index in [-0.39, 0.29) is 0 Å². The smallest absolute Gasteiger partial charge is 0.117 e. The summed E-state index contributed by atoms with van der Waals surface area (Å²) < 4.78 is 2.82. The van der Waals surface area contributed by atoms with Crippen molar-refractivity contribution in [2.24, 2.45) is 0 Å². The quantitative estimate of drug-likeness (QED) is 0.574. The molecule has 0 fully saturated rings. The Hall–Kier alpha value is -0.216. The monoisotopic (exact) mass is 295 g/mol. The fourth-order valence-corrected chi connectivity index (χ4v) is 15.2. The van der Waals surface area contributed by atoms with Gasteiger partial charge in [-0.1, -0.05) is 77.8 Å². The summed E-state index contributed by atoms with van der Waals surface area (Å²) in [6, 6.07) is 10.9. The van der Waals surface area contributed by atoms with Gasteiger partial charge in [0.05, 0.1) is 0 Å². The van der Waals surface area contributed by atoms with Crippen molar-refractivity contribution < 1.29 is 0 Å². The van der Waals surface area contributed by atoms with Crippen LogP contribution < -0.4 is 0 Å². The normalized spacial score (nSPS) is 14.1. The second-order valence-corrected chi connectivity index (χ2v) is 17.5. The third-order valence-electron chi connectivity index (χ3n) is 2.80. The van der Waals surface area contributed by atoms with Crippen molar-refractivity contribution in [3.8, 4) is 0 Å². The highest BCUT2D eigenvalue weighted by molar-refractivity contribution is 7.41. The second kappa shape index (κ2) is 5.83. The van der Waals surface area contributed by atoms with Gasteiger partial charge in [0.2, 0.25) is 0 Å². The lowest BCUT2D eigenvalue weighted by molar-refractivity contribution is 0.919. The third kappa shape index (κ3) is 3.89. The van der Waals surface area contributed by atoms with Crippen LogP contribution in [0.5, 0.6) is 0 Å². The van der Waals surface area contributed by atoms with Gasteiger partial charge in [-0.05, 0) is 12.2 Å². The fourth-order valence-electron chi connectivity index (χ4n) is 2.59. The number of hydrogen-bond acceptors (Lipinski definition) is 0. The summed E-state index contributed by atoms with van der Waals surface area (Å²) in [5.41, 5.74) is 2.92. The minimum absolute atomic E-state index is 1.34.